The Balaban J connectivity index is 2.39. The first-order chi connectivity index (χ1) is 12.5. The average Bonchev–Trinajstić information content (AvgIpc) is 2.95. The molecule has 0 aliphatic heterocycles. The molecule has 5 nitrogen and oxygen atoms in total. The molecule has 2 aromatic carbocycles. The summed E-state index contributed by atoms with van der Waals surface area (Å²) in [5.41, 5.74) is 16.5. The largest absolute Gasteiger partial charge is 0.369 e. The molecule has 1 atom stereocenters. The lowest BCUT2D eigenvalue weighted by molar-refractivity contribution is 0.737. The van der Waals surface area contributed by atoms with E-state index in [-0.39, 0.29) is 11.9 Å². The third-order valence-electron chi connectivity index (χ3n) is 4.76. The zero-order chi connectivity index (χ0) is 18.7. The molecule has 1 unspecified atom stereocenters. The third kappa shape index (κ3) is 3.20. The van der Waals surface area contributed by atoms with Gasteiger partial charge in [-0.2, -0.15) is 5.10 Å². The topological polar surface area (TPSA) is 81.7 Å². The minimum atomic E-state index is -0.0349. The van der Waals surface area contributed by atoms with Crippen LogP contribution < -0.4 is 11.5 Å². The van der Waals surface area contributed by atoms with Crippen molar-refractivity contribution in [2.24, 2.45) is 34.6 Å². The summed E-state index contributed by atoms with van der Waals surface area (Å²) in [6, 6.07) is 18.7. The Labute approximate surface area is 154 Å². The van der Waals surface area contributed by atoms with Gasteiger partial charge >= 0.3 is 0 Å². The van der Waals surface area contributed by atoms with Gasteiger partial charge < -0.3 is 16.0 Å². The van der Waals surface area contributed by atoms with E-state index in [1.54, 1.807) is 0 Å². The Hall–Kier alpha value is -3.08. The number of rotatable bonds is 5. The van der Waals surface area contributed by atoms with Crippen LogP contribution in [0.1, 0.15) is 25.8 Å². The summed E-state index contributed by atoms with van der Waals surface area (Å²) >= 11 is 0. The lowest BCUT2D eigenvalue weighted by atomic mass is 9.92. The molecule has 3 rings (SSSR count). The van der Waals surface area contributed by atoms with Gasteiger partial charge in [0.25, 0.3) is 0 Å². The third-order valence-corrected chi connectivity index (χ3v) is 4.76. The Bertz CT molecular complexity index is 963. The van der Waals surface area contributed by atoms with Crippen LogP contribution in [0.4, 0.5) is 0 Å². The number of benzene rings is 2. The Morgan fingerprint density at radius 3 is 2.31 bits per heavy atom. The summed E-state index contributed by atoms with van der Waals surface area (Å²) in [6.07, 6.45) is 0.941. The van der Waals surface area contributed by atoms with Crippen LogP contribution in [-0.2, 0) is 7.05 Å². The lowest BCUT2D eigenvalue weighted by Crippen LogP contribution is -2.22. The van der Waals surface area contributed by atoms with Gasteiger partial charge in [0, 0.05) is 29.4 Å². The van der Waals surface area contributed by atoms with Crippen molar-refractivity contribution in [2.75, 3.05) is 0 Å². The molecule has 4 N–H and O–H groups in total. The number of para-hydroxylation sites is 1. The molecule has 0 saturated carbocycles. The molecular weight excluding hydrogens is 322 g/mol. The molecular formula is C21H25N5. The predicted octanol–water partition coefficient (Wildman–Crippen LogP) is 3.87. The highest BCUT2D eigenvalue weighted by molar-refractivity contribution is 6.16. The zero-order valence-electron chi connectivity index (χ0n) is 15.5. The van der Waals surface area contributed by atoms with Crippen LogP contribution >= 0.6 is 0 Å². The van der Waals surface area contributed by atoms with Gasteiger partial charge in [0.05, 0.1) is 11.4 Å². The normalized spacial score (nSPS) is 13.0. The molecule has 1 heterocycles. The molecule has 0 aliphatic carbocycles. The van der Waals surface area contributed by atoms with Crippen LogP contribution in [0, 0.1) is 5.92 Å². The molecule has 0 spiro atoms. The lowest BCUT2D eigenvalue weighted by Gasteiger charge is -2.15. The maximum Gasteiger partial charge on any atom is 0.211 e. The molecule has 0 bridgehead atoms. The highest BCUT2D eigenvalue weighted by Gasteiger charge is 2.23. The molecule has 0 amide bonds. The number of nitrogens with two attached hydrogens (primary N) is 2. The molecule has 0 fully saturated rings. The first kappa shape index (κ1) is 17.7. The van der Waals surface area contributed by atoms with Gasteiger partial charge in [-0.3, -0.25) is 0 Å². The van der Waals surface area contributed by atoms with E-state index in [0.717, 1.165) is 39.9 Å². The highest BCUT2D eigenvalue weighted by atomic mass is 15.3. The van der Waals surface area contributed by atoms with Gasteiger partial charge in [0.1, 0.15) is 0 Å². The van der Waals surface area contributed by atoms with Crippen molar-refractivity contribution in [3.63, 3.8) is 0 Å². The second kappa shape index (κ2) is 7.44. The molecule has 26 heavy (non-hydrogen) atoms. The summed E-state index contributed by atoms with van der Waals surface area (Å²) in [5, 5.41) is 9.58. The minimum Gasteiger partial charge on any atom is -0.369 e. The number of hydrogen-bond donors (Lipinski definition) is 2. The van der Waals surface area contributed by atoms with E-state index in [2.05, 4.69) is 72.1 Å². The standard InChI is InChI=1S/C21H25N5/c1-4-14(2)19(24-25-21(22)23)18-16-12-8-9-13-17(16)26(3)20(18)15-10-6-5-7-11-15/h5-14H,4H2,1-3H3,(H4,22,23,25)/b24-19+. The van der Waals surface area contributed by atoms with Crippen LogP contribution in [0.2, 0.25) is 0 Å². The molecule has 3 aromatic rings. The van der Waals surface area contributed by atoms with Crippen LogP contribution in [0.15, 0.2) is 64.8 Å². The average molecular weight is 347 g/mol. The van der Waals surface area contributed by atoms with Crippen molar-refractivity contribution in [3.05, 3.63) is 60.2 Å². The molecule has 5 heteroatoms. The zero-order valence-corrected chi connectivity index (χ0v) is 15.5. The quantitative estimate of drug-likeness (QED) is 0.417. The van der Waals surface area contributed by atoms with Crippen molar-refractivity contribution in [1.82, 2.24) is 4.57 Å². The molecule has 0 saturated heterocycles. The number of hydrogen-bond acceptors (Lipinski definition) is 2. The SMILES string of the molecule is CCC(C)/C(=N\N=C(N)N)c1c(-c2ccccc2)n(C)c2ccccc12. The number of aromatic nitrogens is 1. The predicted molar refractivity (Wildman–Crippen MR) is 110 cm³/mol. The minimum absolute atomic E-state index is 0.0349. The highest BCUT2D eigenvalue weighted by Crippen LogP contribution is 2.35. The van der Waals surface area contributed by atoms with Gasteiger partial charge in [0.2, 0.25) is 5.96 Å². The number of fused-ring (bicyclic) bond motifs is 1. The second-order valence-corrected chi connectivity index (χ2v) is 6.49. The Kier molecular flexibility index (Phi) is 5.07. The van der Waals surface area contributed by atoms with Crippen molar-refractivity contribution in [1.29, 1.82) is 0 Å². The van der Waals surface area contributed by atoms with E-state index >= 15 is 0 Å². The van der Waals surface area contributed by atoms with E-state index in [4.69, 9.17) is 11.5 Å². The van der Waals surface area contributed by atoms with Crippen LogP contribution in [-0.4, -0.2) is 16.2 Å². The second-order valence-electron chi connectivity index (χ2n) is 6.49. The van der Waals surface area contributed by atoms with Crippen molar-refractivity contribution < 1.29 is 0 Å². The number of guanidine groups is 1. The van der Waals surface area contributed by atoms with Crippen LogP contribution in [0.3, 0.4) is 0 Å². The van der Waals surface area contributed by atoms with Crippen molar-refractivity contribution >= 4 is 22.6 Å². The fourth-order valence-electron chi connectivity index (χ4n) is 3.29. The van der Waals surface area contributed by atoms with E-state index < -0.39 is 0 Å². The first-order valence-corrected chi connectivity index (χ1v) is 8.84. The molecule has 134 valence electrons. The fourth-order valence-corrected chi connectivity index (χ4v) is 3.29. The fraction of sp³-hybridized carbons (Fsp3) is 0.238. The maximum atomic E-state index is 5.54. The van der Waals surface area contributed by atoms with E-state index in [1.165, 1.54) is 0 Å². The van der Waals surface area contributed by atoms with E-state index in [0.29, 0.717) is 0 Å². The van der Waals surface area contributed by atoms with Crippen molar-refractivity contribution in [2.45, 2.75) is 20.3 Å². The summed E-state index contributed by atoms with van der Waals surface area (Å²) in [5.74, 6) is 0.179. The molecule has 0 aliphatic rings. The summed E-state index contributed by atoms with van der Waals surface area (Å²) < 4.78 is 2.22. The summed E-state index contributed by atoms with van der Waals surface area (Å²) in [6.45, 7) is 4.29. The number of nitrogens with zero attached hydrogens (tertiary/aromatic N) is 3. The maximum absolute atomic E-state index is 5.54. The summed E-state index contributed by atoms with van der Waals surface area (Å²) in [4.78, 5) is 0. The Morgan fingerprint density at radius 1 is 1.00 bits per heavy atom. The first-order valence-electron chi connectivity index (χ1n) is 8.84. The van der Waals surface area contributed by atoms with Gasteiger partial charge in [-0.1, -0.05) is 62.4 Å². The smallest absolute Gasteiger partial charge is 0.211 e. The summed E-state index contributed by atoms with van der Waals surface area (Å²) in [7, 11) is 2.09. The molecule has 1 aromatic heterocycles. The van der Waals surface area contributed by atoms with Crippen LogP contribution in [0.25, 0.3) is 22.2 Å². The Morgan fingerprint density at radius 2 is 1.65 bits per heavy atom. The van der Waals surface area contributed by atoms with E-state index in [1.807, 2.05) is 18.2 Å². The van der Waals surface area contributed by atoms with Gasteiger partial charge in [-0.25, -0.2) is 0 Å². The monoisotopic (exact) mass is 347 g/mol. The van der Waals surface area contributed by atoms with Crippen LogP contribution in [0.5, 0.6) is 0 Å². The van der Waals surface area contributed by atoms with Gasteiger partial charge in [-0.15, -0.1) is 5.10 Å². The number of aryl methyl sites for hydroxylation is 1. The van der Waals surface area contributed by atoms with Gasteiger partial charge in [-0.05, 0) is 18.1 Å². The van der Waals surface area contributed by atoms with Crippen molar-refractivity contribution in [3.8, 4) is 11.3 Å². The molecule has 0 radical (unpaired) electrons. The van der Waals surface area contributed by atoms with E-state index in [9.17, 15) is 0 Å². The van der Waals surface area contributed by atoms with Gasteiger partial charge in [0.15, 0.2) is 0 Å².